The maximum absolute atomic E-state index is 9.95. The molecule has 0 saturated heterocycles. The Balaban J connectivity index is 1.98. The van der Waals surface area contributed by atoms with E-state index in [1.54, 1.807) is 17.9 Å². The monoisotopic (exact) mass is 251 g/mol. The topological polar surface area (TPSA) is 50.9 Å². The van der Waals surface area contributed by atoms with Gasteiger partial charge in [0.2, 0.25) is 0 Å². The van der Waals surface area contributed by atoms with E-state index in [9.17, 15) is 5.11 Å². The molecule has 0 fully saturated rings. The van der Waals surface area contributed by atoms with Crippen LogP contribution in [0.5, 0.6) is 0 Å². The Hall–Kier alpha value is -1.39. The lowest BCUT2D eigenvalue weighted by Gasteiger charge is -2.09. The lowest BCUT2D eigenvalue weighted by atomic mass is 10.0. The molecule has 0 bridgehead atoms. The van der Waals surface area contributed by atoms with Gasteiger partial charge in [0, 0.05) is 31.1 Å². The zero-order chi connectivity index (χ0) is 12.3. The SMILES string of the molecule is Cn1cc(CC(O)Cc2ccccc2Cl)nn1. The third-order valence-electron chi connectivity index (χ3n) is 2.51. The highest BCUT2D eigenvalue weighted by atomic mass is 35.5. The summed E-state index contributed by atoms with van der Waals surface area (Å²) < 4.78 is 1.62. The first-order valence-electron chi connectivity index (χ1n) is 5.42. The van der Waals surface area contributed by atoms with E-state index in [0.717, 1.165) is 11.3 Å². The van der Waals surface area contributed by atoms with Gasteiger partial charge >= 0.3 is 0 Å². The number of benzene rings is 1. The molecule has 17 heavy (non-hydrogen) atoms. The second kappa shape index (κ2) is 5.29. The summed E-state index contributed by atoms with van der Waals surface area (Å²) in [5, 5.41) is 18.4. The zero-order valence-corrected chi connectivity index (χ0v) is 10.3. The minimum Gasteiger partial charge on any atom is -0.392 e. The van der Waals surface area contributed by atoms with Crippen molar-refractivity contribution in [1.29, 1.82) is 0 Å². The second-order valence-electron chi connectivity index (χ2n) is 4.04. The summed E-state index contributed by atoms with van der Waals surface area (Å²) in [5.41, 5.74) is 1.73. The molecular weight excluding hydrogens is 238 g/mol. The fourth-order valence-electron chi connectivity index (χ4n) is 1.72. The molecule has 0 aliphatic heterocycles. The van der Waals surface area contributed by atoms with Crippen molar-refractivity contribution in [3.63, 3.8) is 0 Å². The lowest BCUT2D eigenvalue weighted by Crippen LogP contribution is -2.14. The van der Waals surface area contributed by atoms with Crippen molar-refractivity contribution in [1.82, 2.24) is 15.0 Å². The molecule has 1 aromatic heterocycles. The predicted octanol–water partition coefficient (Wildman–Crippen LogP) is 1.61. The zero-order valence-electron chi connectivity index (χ0n) is 9.55. The summed E-state index contributed by atoms with van der Waals surface area (Å²) >= 11 is 6.03. The van der Waals surface area contributed by atoms with E-state index in [0.29, 0.717) is 17.9 Å². The van der Waals surface area contributed by atoms with Crippen LogP contribution >= 0.6 is 11.6 Å². The van der Waals surface area contributed by atoms with Crippen molar-refractivity contribution in [3.05, 3.63) is 46.7 Å². The molecule has 4 nitrogen and oxygen atoms in total. The molecule has 1 N–H and O–H groups in total. The van der Waals surface area contributed by atoms with E-state index >= 15 is 0 Å². The predicted molar refractivity (Wildman–Crippen MR) is 65.9 cm³/mol. The van der Waals surface area contributed by atoms with Crippen LogP contribution in [0.1, 0.15) is 11.3 Å². The van der Waals surface area contributed by atoms with Crippen LogP contribution in [0, 0.1) is 0 Å². The summed E-state index contributed by atoms with van der Waals surface area (Å²) in [5.74, 6) is 0. The van der Waals surface area contributed by atoms with Gasteiger partial charge in [-0.1, -0.05) is 35.0 Å². The molecule has 1 atom stereocenters. The van der Waals surface area contributed by atoms with Crippen molar-refractivity contribution >= 4 is 11.6 Å². The number of nitrogens with zero attached hydrogens (tertiary/aromatic N) is 3. The van der Waals surface area contributed by atoms with Crippen molar-refractivity contribution in [3.8, 4) is 0 Å². The number of hydrogen-bond acceptors (Lipinski definition) is 3. The van der Waals surface area contributed by atoms with Crippen LogP contribution in [0.3, 0.4) is 0 Å². The summed E-state index contributed by atoms with van der Waals surface area (Å²) in [6.45, 7) is 0. The number of aliphatic hydroxyl groups excluding tert-OH is 1. The van der Waals surface area contributed by atoms with Crippen LogP contribution in [-0.2, 0) is 19.9 Å². The Bertz CT molecular complexity index is 498. The fourth-order valence-corrected chi connectivity index (χ4v) is 1.93. The third-order valence-corrected chi connectivity index (χ3v) is 2.88. The van der Waals surface area contributed by atoms with E-state index < -0.39 is 6.10 Å². The molecule has 0 amide bonds. The van der Waals surface area contributed by atoms with Crippen LogP contribution in [0.4, 0.5) is 0 Å². The molecule has 90 valence electrons. The van der Waals surface area contributed by atoms with Crippen LogP contribution in [0.2, 0.25) is 5.02 Å². The highest BCUT2D eigenvalue weighted by molar-refractivity contribution is 6.31. The fraction of sp³-hybridized carbons (Fsp3) is 0.333. The molecule has 2 rings (SSSR count). The number of aromatic nitrogens is 3. The minimum atomic E-state index is -0.494. The van der Waals surface area contributed by atoms with Gasteiger partial charge in [-0.15, -0.1) is 5.10 Å². The summed E-state index contributed by atoms with van der Waals surface area (Å²) in [4.78, 5) is 0. The first-order chi connectivity index (χ1) is 8.15. The smallest absolute Gasteiger partial charge is 0.0852 e. The third kappa shape index (κ3) is 3.28. The molecule has 0 radical (unpaired) electrons. The van der Waals surface area contributed by atoms with Crippen molar-refractivity contribution in [2.24, 2.45) is 7.05 Å². The average Bonchev–Trinajstić information content (AvgIpc) is 2.67. The number of hydrogen-bond donors (Lipinski definition) is 1. The first-order valence-corrected chi connectivity index (χ1v) is 5.79. The Labute approximate surface area is 105 Å². The quantitative estimate of drug-likeness (QED) is 0.898. The van der Waals surface area contributed by atoms with Gasteiger partial charge in [0.05, 0.1) is 11.8 Å². The molecule has 0 aliphatic rings. The highest BCUT2D eigenvalue weighted by Crippen LogP contribution is 2.17. The van der Waals surface area contributed by atoms with E-state index in [2.05, 4.69) is 10.3 Å². The van der Waals surface area contributed by atoms with Gasteiger partial charge in [0.15, 0.2) is 0 Å². The van der Waals surface area contributed by atoms with Gasteiger partial charge in [-0.2, -0.15) is 0 Å². The Morgan fingerprint density at radius 2 is 2.12 bits per heavy atom. The van der Waals surface area contributed by atoms with Gasteiger partial charge in [-0.25, -0.2) is 0 Å². The van der Waals surface area contributed by atoms with Gasteiger partial charge in [-0.3, -0.25) is 4.68 Å². The van der Waals surface area contributed by atoms with Crippen LogP contribution in [-0.4, -0.2) is 26.2 Å². The molecule has 1 heterocycles. The minimum absolute atomic E-state index is 0.485. The van der Waals surface area contributed by atoms with Crippen molar-refractivity contribution in [2.45, 2.75) is 18.9 Å². The normalized spacial score (nSPS) is 12.6. The molecular formula is C12H14ClN3O. The van der Waals surface area contributed by atoms with Crippen LogP contribution < -0.4 is 0 Å². The Kier molecular flexibility index (Phi) is 3.76. The molecule has 0 spiro atoms. The summed E-state index contributed by atoms with van der Waals surface area (Å²) in [7, 11) is 1.80. The lowest BCUT2D eigenvalue weighted by molar-refractivity contribution is 0.174. The highest BCUT2D eigenvalue weighted by Gasteiger charge is 2.11. The van der Waals surface area contributed by atoms with E-state index in [1.165, 1.54) is 0 Å². The Morgan fingerprint density at radius 3 is 2.76 bits per heavy atom. The van der Waals surface area contributed by atoms with E-state index in [4.69, 9.17) is 11.6 Å². The maximum atomic E-state index is 9.95. The average molecular weight is 252 g/mol. The van der Waals surface area contributed by atoms with E-state index in [-0.39, 0.29) is 0 Å². The van der Waals surface area contributed by atoms with Gasteiger partial charge in [0.1, 0.15) is 0 Å². The summed E-state index contributed by atoms with van der Waals surface area (Å²) in [6.07, 6.45) is 2.32. The molecule has 5 heteroatoms. The molecule has 0 aliphatic carbocycles. The molecule has 0 saturated carbocycles. The number of aryl methyl sites for hydroxylation is 1. The van der Waals surface area contributed by atoms with E-state index in [1.807, 2.05) is 24.3 Å². The van der Waals surface area contributed by atoms with Crippen molar-refractivity contribution in [2.75, 3.05) is 0 Å². The largest absolute Gasteiger partial charge is 0.392 e. The number of halogens is 1. The molecule has 2 aromatic rings. The van der Waals surface area contributed by atoms with Gasteiger partial charge in [-0.05, 0) is 11.6 Å². The Morgan fingerprint density at radius 1 is 1.35 bits per heavy atom. The van der Waals surface area contributed by atoms with Crippen molar-refractivity contribution < 1.29 is 5.11 Å². The number of aliphatic hydroxyl groups is 1. The van der Waals surface area contributed by atoms with Crippen LogP contribution in [0.15, 0.2) is 30.5 Å². The second-order valence-corrected chi connectivity index (χ2v) is 4.44. The van der Waals surface area contributed by atoms with Gasteiger partial charge in [0.25, 0.3) is 0 Å². The molecule has 1 aromatic carbocycles. The first kappa shape index (κ1) is 12.1. The molecule has 1 unspecified atom stereocenters. The van der Waals surface area contributed by atoms with Gasteiger partial charge < -0.3 is 5.11 Å². The van der Waals surface area contributed by atoms with Crippen LogP contribution in [0.25, 0.3) is 0 Å². The maximum Gasteiger partial charge on any atom is 0.0852 e. The summed E-state index contributed by atoms with van der Waals surface area (Å²) in [6, 6.07) is 7.53. The number of rotatable bonds is 4. The standard InChI is InChI=1S/C12H14ClN3O/c1-16-8-10(14-15-16)7-11(17)6-9-4-2-3-5-12(9)13/h2-5,8,11,17H,6-7H2,1H3.